The Balaban J connectivity index is 0.000000948. The van der Waals surface area contributed by atoms with Crippen LogP contribution in [0.5, 0.6) is 11.5 Å². The summed E-state index contributed by atoms with van der Waals surface area (Å²) < 4.78 is 10.4. The number of carbonyl (C=O) groups excluding carboxylic acids is 5. The van der Waals surface area contributed by atoms with Crippen molar-refractivity contribution < 1.29 is 138 Å². The van der Waals surface area contributed by atoms with E-state index in [-0.39, 0.29) is 116 Å². The van der Waals surface area contributed by atoms with Gasteiger partial charge in [-0.2, -0.15) is 0 Å². The fraction of sp³-hybridized carbons (Fsp3) is 0.341. The zero-order valence-corrected chi connectivity index (χ0v) is 45.9. The van der Waals surface area contributed by atoms with Gasteiger partial charge in [0.15, 0.2) is 5.60 Å². The quantitative estimate of drug-likeness (QED) is 0.0264. The van der Waals surface area contributed by atoms with Crippen molar-refractivity contribution >= 4 is 74.3 Å². The average Bonchev–Trinajstić information content (AvgIpc) is 3.85. The maximum absolute atomic E-state index is 12.3. The minimum absolute atomic E-state index is 0. The number of aromatic hydroxyl groups is 1. The number of carbonyl (C=O) groups is 5. The third kappa shape index (κ3) is 25.2. The van der Waals surface area contributed by atoms with E-state index in [9.17, 15) is 49.6 Å². The summed E-state index contributed by atoms with van der Waals surface area (Å²) >= 11 is 3.03. The number of Topliss-reactive ketones (excluding diaryl/α,β-unsaturated/α-hetero) is 1. The maximum Gasteiger partial charge on any atom is 1.00 e. The molecule has 67 heavy (non-hydrogen) atoms. The van der Waals surface area contributed by atoms with Crippen LogP contribution in [0.1, 0.15) is 57.2 Å². The van der Waals surface area contributed by atoms with Crippen LogP contribution in [0, 0.1) is 34.1 Å². The molecule has 4 aromatic carbocycles. The summed E-state index contributed by atoms with van der Waals surface area (Å²) in [7, 11) is 0. The molecule has 21 nitrogen and oxygen atoms in total. The Morgan fingerprint density at radius 2 is 1.19 bits per heavy atom. The van der Waals surface area contributed by atoms with Crippen molar-refractivity contribution in [3.8, 4) is 11.5 Å². The second-order valence-electron chi connectivity index (χ2n) is 14.7. The van der Waals surface area contributed by atoms with Crippen LogP contribution < -0.4 is 94.8 Å². The van der Waals surface area contributed by atoms with Crippen LogP contribution in [0.25, 0.3) is 0 Å². The molecule has 0 bridgehead atoms. The molecule has 0 saturated carbocycles. The Hall–Kier alpha value is -4.80. The number of amides is 3. The largest absolute Gasteiger partial charge is 1.00 e. The third-order valence-corrected chi connectivity index (χ3v) is 9.58. The summed E-state index contributed by atoms with van der Waals surface area (Å²) in [6, 6.07) is 21.5. The van der Waals surface area contributed by atoms with E-state index in [1.54, 1.807) is 50.2 Å². The van der Waals surface area contributed by atoms with Crippen LogP contribution in [0.15, 0.2) is 84.9 Å². The standard InChI is InChI=1S/C20H22N2O6.C11H13BrN2O4.C8H9NO2.C4H8O.CH2O3.Cs/c1-13-10-16(6-9-18(13)22(26)27)21-19(24)20(3,25)12-28-17-7-4-15(5-8-17)11-14(2)23;1-7-5-8(3-4-9(7)14(17)18)13-10(15)11(2,16)6-12;1-6(10)9-7-2-4-8(11)5-3-7;1-2-4-5-3-1;2-1-4-3;/h4-10,25H,11-12H2,1-3H3,(H,21,24);3-5,16H,6H2,1-2H3,(H,13,15);2-5,11H,1H3,(H,9,10);1-4H2;1,3H;/q;;;;;+1/p-1/t20-;11-;;;;/m00..../s1. The van der Waals surface area contributed by atoms with Crippen molar-refractivity contribution in [2.45, 2.75) is 72.0 Å². The molecule has 0 aromatic heterocycles. The van der Waals surface area contributed by atoms with Crippen LogP contribution in [-0.4, -0.2) is 91.5 Å². The Kier molecular flexibility index (Phi) is 29.7. The summed E-state index contributed by atoms with van der Waals surface area (Å²) in [6.07, 6.45) is 2.88. The molecule has 5 rings (SSSR count). The van der Waals surface area contributed by atoms with Gasteiger partial charge in [-0.15, -0.1) is 0 Å². The molecule has 6 N–H and O–H groups in total. The fourth-order valence-corrected chi connectivity index (χ4v) is 5.26. The van der Waals surface area contributed by atoms with Gasteiger partial charge >= 0.3 is 68.9 Å². The molecule has 1 heterocycles. The molecule has 4 aromatic rings. The van der Waals surface area contributed by atoms with E-state index in [0.717, 1.165) is 18.8 Å². The van der Waals surface area contributed by atoms with E-state index >= 15 is 0 Å². The molecule has 23 heteroatoms. The summed E-state index contributed by atoms with van der Waals surface area (Å²) in [5.74, 6) is -0.697. The zero-order chi connectivity index (χ0) is 50.0. The number of phenols is 1. The Labute approximate surface area is 453 Å². The number of anilines is 3. The molecule has 3 amide bonds. The van der Waals surface area contributed by atoms with Gasteiger partial charge in [-0.05, 0) is 114 Å². The number of rotatable bonds is 14. The summed E-state index contributed by atoms with van der Waals surface area (Å²) in [5.41, 5.74) is -0.315. The van der Waals surface area contributed by atoms with Gasteiger partial charge in [-0.25, -0.2) is 0 Å². The first-order valence-electron chi connectivity index (χ1n) is 19.7. The number of aryl methyl sites for hydroxylation is 2. The number of halogens is 1. The monoisotopic (exact) mass is 1120 g/mol. The van der Waals surface area contributed by atoms with Gasteiger partial charge < -0.3 is 50.9 Å². The SMILES string of the molecule is C1CCOC1.CC(=O)Cc1ccc(OC[C@](C)(O)C(=O)Nc2ccc([N+](=O)[O-])c(C)c2)cc1.CC(=O)Nc1ccc(O)cc1.Cc1cc(NC(=O)[C@@](C)(O)CBr)ccc1[N+](=O)[O-].O=CO[O-].[Cs+]. The van der Waals surface area contributed by atoms with E-state index in [1.165, 1.54) is 89.1 Å². The van der Waals surface area contributed by atoms with E-state index in [0.29, 0.717) is 40.4 Å². The van der Waals surface area contributed by atoms with Gasteiger partial charge in [-0.3, -0.25) is 44.2 Å². The van der Waals surface area contributed by atoms with Crippen LogP contribution >= 0.6 is 15.9 Å². The normalized spacial score (nSPS) is 12.6. The van der Waals surface area contributed by atoms with E-state index in [1.807, 2.05) is 0 Å². The Morgan fingerprint density at radius 3 is 1.54 bits per heavy atom. The molecular formula is C44H53BrCsN5O16. The van der Waals surface area contributed by atoms with Gasteiger partial charge in [0.1, 0.15) is 29.5 Å². The Morgan fingerprint density at radius 1 is 0.761 bits per heavy atom. The van der Waals surface area contributed by atoms with Gasteiger partial charge in [0.25, 0.3) is 29.7 Å². The average molecular weight is 1120 g/mol. The summed E-state index contributed by atoms with van der Waals surface area (Å²) in [4.78, 5) is 77.4. The van der Waals surface area contributed by atoms with Crippen LogP contribution in [0.3, 0.4) is 0 Å². The number of hydrogen-bond acceptors (Lipinski definition) is 16. The van der Waals surface area contributed by atoms with Gasteiger partial charge in [0.05, 0.1) is 9.85 Å². The number of ketones is 1. The van der Waals surface area contributed by atoms with Crippen molar-refractivity contribution in [2.75, 3.05) is 41.1 Å². The zero-order valence-electron chi connectivity index (χ0n) is 38.0. The second kappa shape index (κ2) is 32.0. The molecule has 358 valence electrons. The molecular weight excluding hydrogens is 1070 g/mol. The first-order chi connectivity index (χ1) is 31.0. The molecule has 0 radical (unpaired) electrons. The molecule has 1 fully saturated rings. The smallest absolute Gasteiger partial charge is 0.662 e. The van der Waals surface area contributed by atoms with Gasteiger partial charge in [0.2, 0.25) is 5.91 Å². The molecule has 2 atom stereocenters. The molecule has 1 aliphatic rings. The molecule has 0 unspecified atom stereocenters. The van der Waals surface area contributed by atoms with Crippen LogP contribution in [-0.2, 0) is 40.0 Å². The molecule has 0 spiro atoms. The van der Waals surface area contributed by atoms with Crippen molar-refractivity contribution in [1.82, 2.24) is 0 Å². The molecule has 0 aliphatic carbocycles. The third-order valence-electron chi connectivity index (χ3n) is 8.49. The number of nitro benzene ring substituents is 2. The van der Waals surface area contributed by atoms with Crippen LogP contribution in [0.2, 0.25) is 0 Å². The van der Waals surface area contributed by atoms with Crippen molar-refractivity contribution in [1.29, 1.82) is 0 Å². The summed E-state index contributed by atoms with van der Waals surface area (Å²) in [6.45, 7) is 10.3. The topological polar surface area (TPSA) is 319 Å². The van der Waals surface area contributed by atoms with Gasteiger partial charge in [0, 0.05) is 72.2 Å². The van der Waals surface area contributed by atoms with Crippen molar-refractivity contribution in [3.05, 3.63) is 122 Å². The van der Waals surface area contributed by atoms with Crippen molar-refractivity contribution in [2.24, 2.45) is 0 Å². The Bertz CT molecular complexity index is 2230. The molecule has 1 saturated heterocycles. The number of phenolic OH excluding ortho intramolecular Hbond substituents is 1. The van der Waals surface area contributed by atoms with Crippen molar-refractivity contribution in [3.63, 3.8) is 0 Å². The number of ether oxygens (including phenoxy) is 2. The second-order valence-corrected chi connectivity index (χ2v) is 15.2. The van der Waals surface area contributed by atoms with Crippen LogP contribution in [0.4, 0.5) is 28.4 Å². The van der Waals surface area contributed by atoms with E-state index in [2.05, 4.69) is 36.8 Å². The first-order valence-corrected chi connectivity index (χ1v) is 20.8. The number of nitrogens with zero attached hydrogens (tertiary/aromatic N) is 2. The number of nitrogens with one attached hydrogen (secondary N) is 3. The van der Waals surface area contributed by atoms with E-state index in [4.69, 9.17) is 24.6 Å². The predicted octanol–water partition coefficient (Wildman–Crippen LogP) is 2.38. The minimum atomic E-state index is -1.83. The first kappa shape index (κ1) is 62.2. The maximum atomic E-state index is 12.3. The number of alkyl halides is 1. The fourth-order valence-electron chi connectivity index (χ4n) is 5.01. The summed E-state index contributed by atoms with van der Waals surface area (Å²) in [5, 5.41) is 66.6. The number of nitro groups is 2. The minimum Gasteiger partial charge on any atom is -0.662 e. The number of benzene rings is 4. The van der Waals surface area contributed by atoms with E-state index < -0.39 is 32.9 Å². The van der Waals surface area contributed by atoms with Gasteiger partial charge in [-0.1, -0.05) is 28.1 Å². The molecule has 1 aliphatic heterocycles. The number of hydrogen-bond donors (Lipinski definition) is 6. The predicted molar refractivity (Wildman–Crippen MR) is 244 cm³/mol. The number of aliphatic hydroxyl groups is 2.